The number of Topliss-reactive ketones (excluding diaryl/α,β-unsaturated/α-hetero) is 2. The Kier molecular flexibility index (Phi) is 5.06. The van der Waals surface area contributed by atoms with Crippen molar-refractivity contribution in [3.05, 3.63) is 125 Å². The molecule has 6 heteroatoms. The van der Waals surface area contributed by atoms with Gasteiger partial charge in [-0.3, -0.25) is 19.2 Å². The van der Waals surface area contributed by atoms with Crippen molar-refractivity contribution in [3.8, 4) is 11.1 Å². The Morgan fingerprint density at radius 3 is 1.82 bits per heavy atom. The van der Waals surface area contributed by atoms with Gasteiger partial charge in [0, 0.05) is 11.1 Å². The van der Waals surface area contributed by atoms with E-state index < -0.39 is 46.9 Å². The largest absolute Gasteiger partial charge is 0.349 e. The van der Waals surface area contributed by atoms with Crippen molar-refractivity contribution in [2.24, 2.45) is 11.8 Å². The molecular formula is C33H23NO5. The highest BCUT2D eigenvalue weighted by molar-refractivity contribution is 6.37. The standard InChI is InChI=1S/C33H23NO5/c1-19-11-13-22(14-12-19)28-26-27(33(39-28)29(35)24-9-5-6-10-25(24)30(33)36)32(38)34(31(26)37)23-17-15-21(16-18-23)20-7-3-2-4-8-20/h2-18,26-28H,1H3/t26-,27-,28-/m0/s1. The number of ketones is 2. The maximum atomic E-state index is 14.1. The molecule has 1 aliphatic carbocycles. The summed E-state index contributed by atoms with van der Waals surface area (Å²) in [5, 5.41) is 0. The molecule has 0 radical (unpaired) electrons. The topological polar surface area (TPSA) is 80.8 Å². The molecule has 4 aromatic rings. The monoisotopic (exact) mass is 513 g/mol. The fraction of sp³-hybridized carbons (Fsp3) is 0.152. The molecule has 3 aliphatic rings. The normalized spacial score (nSPS) is 23.0. The van der Waals surface area contributed by atoms with Crippen molar-refractivity contribution in [1.29, 1.82) is 0 Å². The van der Waals surface area contributed by atoms with E-state index in [1.54, 1.807) is 36.4 Å². The molecule has 2 saturated heterocycles. The minimum Gasteiger partial charge on any atom is -0.349 e. The van der Waals surface area contributed by atoms with E-state index in [0.29, 0.717) is 11.3 Å². The van der Waals surface area contributed by atoms with E-state index in [1.807, 2.05) is 73.7 Å². The molecule has 0 bridgehead atoms. The molecule has 2 amide bonds. The third-order valence-corrected chi connectivity index (χ3v) is 8.16. The molecule has 2 fully saturated rings. The van der Waals surface area contributed by atoms with Crippen LogP contribution in [-0.4, -0.2) is 29.0 Å². The number of hydrogen-bond acceptors (Lipinski definition) is 5. The third kappa shape index (κ3) is 3.18. The summed E-state index contributed by atoms with van der Waals surface area (Å²) in [4.78, 5) is 57.0. The maximum absolute atomic E-state index is 14.1. The summed E-state index contributed by atoms with van der Waals surface area (Å²) in [5.41, 5.74) is 2.36. The number of fused-ring (bicyclic) bond motifs is 3. The summed E-state index contributed by atoms with van der Waals surface area (Å²) in [6, 6.07) is 30.8. The average Bonchev–Trinajstić information content (AvgIpc) is 3.54. The highest BCUT2D eigenvalue weighted by atomic mass is 16.5. The number of anilines is 1. The van der Waals surface area contributed by atoms with E-state index in [2.05, 4.69) is 0 Å². The highest BCUT2D eigenvalue weighted by Gasteiger charge is 2.74. The first-order chi connectivity index (χ1) is 18.9. The van der Waals surface area contributed by atoms with Crippen LogP contribution in [0.25, 0.3) is 11.1 Å². The molecule has 1 spiro atoms. The maximum Gasteiger partial charge on any atom is 0.241 e. The lowest BCUT2D eigenvalue weighted by Crippen LogP contribution is -2.51. The zero-order valence-electron chi connectivity index (χ0n) is 21.0. The predicted octanol–water partition coefficient (Wildman–Crippen LogP) is 5.36. The molecule has 7 rings (SSSR count). The van der Waals surface area contributed by atoms with Gasteiger partial charge in [0.2, 0.25) is 29.0 Å². The predicted molar refractivity (Wildman–Crippen MR) is 144 cm³/mol. The first kappa shape index (κ1) is 23.4. The van der Waals surface area contributed by atoms with E-state index in [-0.39, 0.29) is 11.1 Å². The van der Waals surface area contributed by atoms with Crippen LogP contribution in [0.1, 0.15) is 37.9 Å². The Bertz CT molecular complexity index is 1640. The van der Waals surface area contributed by atoms with E-state index >= 15 is 0 Å². The average molecular weight is 514 g/mol. The molecular weight excluding hydrogens is 490 g/mol. The number of benzene rings is 4. The number of ether oxygens (including phenoxy) is 1. The number of aryl methyl sites for hydroxylation is 1. The Morgan fingerprint density at radius 1 is 0.641 bits per heavy atom. The van der Waals surface area contributed by atoms with E-state index in [4.69, 9.17) is 4.74 Å². The quantitative estimate of drug-likeness (QED) is 0.272. The van der Waals surface area contributed by atoms with Crippen LogP contribution in [0.2, 0.25) is 0 Å². The highest BCUT2D eigenvalue weighted by Crippen LogP contribution is 2.57. The van der Waals surface area contributed by atoms with Crippen LogP contribution in [0.3, 0.4) is 0 Å². The van der Waals surface area contributed by atoms with Crippen molar-refractivity contribution in [2.75, 3.05) is 4.90 Å². The lowest BCUT2D eigenvalue weighted by molar-refractivity contribution is -0.127. The third-order valence-electron chi connectivity index (χ3n) is 8.16. The number of carbonyl (C=O) groups excluding carboxylic acids is 4. The number of amides is 2. The van der Waals surface area contributed by atoms with Crippen LogP contribution >= 0.6 is 0 Å². The molecule has 2 aliphatic heterocycles. The first-order valence-electron chi connectivity index (χ1n) is 12.9. The van der Waals surface area contributed by atoms with E-state index in [1.165, 1.54) is 0 Å². The Labute approximate surface area is 224 Å². The fourth-order valence-electron chi connectivity index (χ4n) is 6.26. The lowest BCUT2D eigenvalue weighted by atomic mass is 9.77. The number of imide groups is 1. The van der Waals surface area contributed by atoms with Crippen LogP contribution in [0, 0.1) is 18.8 Å². The molecule has 0 N–H and O–H groups in total. The second-order valence-electron chi connectivity index (χ2n) is 10.3. The van der Waals surface area contributed by atoms with Crippen LogP contribution in [-0.2, 0) is 14.3 Å². The van der Waals surface area contributed by atoms with Crippen molar-refractivity contribution in [2.45, 2.75) is 18.6 Å². The van der Waals surface area contributed by atoms with Gasteiger partial charge in [0.25, 0.3) is 0 Å². The van der Waals surface area contributed by atoms with Gasteiger partial charge in [-0.15, -0.1) is 0 Å². The number of hydrogen-bond donors (Lipinski definition) is 0. The molecule has 0 aromatic heterocycles. The van der Waals surface area contributed by atoms with Crippen molar-refractivity contribution >= 4 is 29.1 Å². The zero-order valence-corrected chi connectivity index (χ0v) is 21.0. The summed E-state index contributed by atoms with van der Waals surface area (Å²) in [7, 11) is 0. The molecule has 6 nitrogen and oxygen atoms in total. The van der Waals surface area contributed by atoms with Gasteiger partial charge in [-0.05, 0) is 35.7 Å². The summed E-state index contributed by atoms with van der Waals surface area (Å²) < 4.78 is 6.34. The summed E-state index contributed by atoms with van der Waals surface area (Å²) >= 11 is 0. The van der Waals surface area contributed by atoms with E-state index in [0.717, 1.165) is 21.6 Å². The summed E-state index contributed by atoms with van der Waals surface area (Å²) in [5.74, 6) is -4.47. The second kappa shape index (κ2) is 8.41. The molecule has 3 atom stereocenters. The fourth-order valence-corrected chi connectivity index (χ4v) is 6.26. The van der Waals surface area contributed by atoms with Gasteiger partial charge in [0.1, 0.15) is 0 Å². The summed E-state index contributed by atoms with van der Waals surface area (Å²) in [6.07, 6.45) is -0.928. The molecule has 0 unspecified atom stereocenters. The van der Waals surface area contributed by atoms with Gasteiger partial charge in [-0.1, -0.05) is 96.6 Å². The lowest BCUT2D eigenvalue weighted by Gasteiger charge is -2.27. The Balaban J connectivity index is 1.34. The van der Waals surface area contributed by atoms with Gasteiger partial charge >= 0.3 is 0 Å². The Hall–Kier alpha value is -4.68. The van der Waals surface area contributed by atoms with Gasteiger partial charge in [0.05, 0.1) is 23.6 Å². The van der Waals surface area contributed by atoms with Crippen molar-refractivity contribution in [1.82, 2.24) is 0 Å². The second-order valence-corrected chi connectivity index (χ2v) is 10.3. The molecule has 39 heavy (non-hydrogen) atoms. The van der Waals surface area contributed by atoms with Gasteiger partial charge in [-0.25, -0.2) is 4.90 Å². The van der Waals surface area contributed by atoms with Gasteiger partial charge < -0.3 is 4.74 Å². The van der Waals surface area contributed by atoms with Crippen molar-refractivity contribution in [3.63, 3.8) is 0 Å². The first-order valence-corrected chi connectivity index (χ1v) is 12.9. The smallest absolute Gasteiger partial charge is 0.241 e. The molecule has 4 aromatic carbocycles. The molecule has 190 valence electrons. The Morgan fingerprint density at radius 2 is 1.21 bits per heavy atom. The van der Waals surface area contributed by atoms with Gasteiger partial charge in [-0.2, -0.15) is 0 Å². The van der Waals surface area contributed by atoms with E-state index in [9.17, 15) is 19.2 Å². The number of carbonyl (C=O) groups is 4. The molecule has 0 saturated carbocycles. The number of nitrogens with zero attached hydrogens (tertiary/aromatic N) is 1. The minimum atomic E-state index is -2.07. The zero-order chi connectivity index (χ0) is 26.9. The minimum absolute atomic E-state index is 0.219. The number of rotatable bonds is 3. The SMILES string of the molecule is Cc1ccc([C@@H]2OC3(C(=O)c4ccccc4C3=O)[C@@H]3C(=O)N(c4ccc(-c5ccccc5)cc4)C(=O)[C@@H]32)cc1. The van der Waals surface area contributed by atoms with Crippen LogP contribution < -0.4 is 4.90 Å². The van der Waals surface area contributed by atoms with Gasteiger partial charge in [0.15, 0.2) is 0 Å². The summed E-state index contributed by atoms with van der Waals surface area (Å²) in [6.45, 7) is 1.94. The molecule has 2 heterocycles. The van der Waals surface area contributed by atoms with Crippen LogP contribution in [0.4, 0.5) is 5.69 Å². The van der Waals surface area contributed by atoms with Crippen LogP contribution in [0.15, 0.2) is 103 Å². The van der Waals surface area contributed by atoms with Crippen molar-refractivity contribution < 1.29 is 23.9 Å². The van der Waals surface area contributed by atoms with Crippen LogP contribution in [0.5, 0.6) is 0 Å².